The number of methoxy groups -OCH3 is 3. The number of aliphatic hydroxyl groups excluding tert-OH is 1. The average molecular weight is 508 g/mol. The van der Waals surface area contributed by atoms with Gasteiger partial charge in [-0.2, -0.15) is 0 Å². The summed E-state index contributed by atoms with van der Waals surface area (Å²) < 4.78 is 15.9. The predicted octanol–water partition coefficient (Wildman–Crippen LogP) is 5.03. The number of Topliss-reactive ketones (excluding diaryl/α,β-unsaturated/α-hetero) is 1. The summed E-state index contributed by atoms with van der Waals surface area (Å²) in [7, 11) is 4.49. The van der Waals surface area contributed by atoms with Gasteiger partial charge < -0.3 is 24.2 Å². The Balaban J connectivity index is 1.79. The molecule has 3 aromatic carbocycles. The van der Waals surface area contributed by atoms with Crippen LogP contribution in [-0.4, -0.2) is 49.6 Å². The highest BCUT2D eigenvalue weighted by molar-refractivity contribution is 6.46. The molecule has 1 fully saturated rings. The van der Waals surface area contributed by atoms with Gasteiger partial charge in [0.25, 0.3) is 11.7 Å². The molecule has 0 aliphatic carbocycles. The Morgan fingerprint density at radius 1 is 0.917 bits per heavy atom. The van der Waals surface area contributed by atoms with E-state index in [1.54, 1.807) is 7.11 Å². The molecule has 36 heavy (non-hydrogen) atoms. The highest BCUT2D eigenvalue weighted by Gasteiger charge is 2.46. The number of hydrogen-bond donors (Lipinski definition) is 1. The molecule has 0 radical (unpaired) electrons. The first-order valence-electron chi connectivity index (χ1n) is 11.3. The number of nitrogens with zero attached hydrogens (tertiary/aromatic N) is 1. The monoisotopic (exact) mass is 507 g/mol. The Kier molecular flexibility index (Phi) is 7.50. The molecule has 1 amide bonds. The van der Waals surface area contributed by atoms with E-state index in [-0.39, 0.29) is 34.2 Å². The van der Waals surface area contributed by atoms with Gasteiger partial charge >= 0.3 is 0 Å². The fourth-order valence-electron chi connectivity index (χ4n) is 4.32. The molecule has 186 valence electrons. The van der Waals surface area contributed by atoms with Crippen molar-refractivity contribution in [1.82, 2.24) is 4.90 Å². The second-order valence-corrected chi connectivity index (χ2v) is 8.60. The lowest BCUT2D eigenvalue weighted by atomic mass is 9.95. The molecule has 1 heterocycles. The van der Waals surface area contributed by atoms with Gasteiger partial charge in [-0.05, 0) is 35.7 Å². The summed E-state index contributed by atoms with van der Waals surface area (Å²) in [5.41, 5.74) is 1.84. The van der Waals surface area contributed by atoms with Crippen molar-refractivity contribution in [3.63, 3.8) is 0 Å². The second-order valence-electron chi connectivity index (χ2n) is 8.19. The number of amides is 1. The Bertz CT molecular complexity index is 1300. The number of hydrogen-bond acceptors (Lipinski definition) is 6. The van der Waals surface area contributed by atoms with Gasteiger partial charge in [0.05, 0.1) is 43.5 Å². The first-order valence-corrected chi connectivity index (χ1v) is 11.7. The van der Waals surface area contributed by atoms with Crippen LogP contribution in [0, 0.1) is 0 Å². The van der Waals surface area contributed by atoms with E-state index in [9.17, 15) is 14.7 Å². The molecule has 1 aliphatic heterocycles. The molecule has 1 atom stereocenters. The van der Waals surface area contributed by atoms with Crippen molar-refractivity contribution in [3.8, 4) is 17.2 Å². The van der Waals surface area contributed by atoms with Crippen LogP contribution in [0.15, 0.2) is 72.3 Å². The van der Waals surface area contributed by atoms with Gasteiger partial charge in [-0.15, -0.1) is 0 Å². The third kappa shape index (κ3) is 4.75. The lowest BCUT2D eigenvalue weighted by Crippen LogP contribution is -2.31. The normalized spacial score (nSPS) is 16.8. The molecule has 0 bridgehead atoms. The maximum Gasteiger partial charge on any atom is 0.295 e. The summed E-state index contributed by atoms with van der Waals surface area (Å²) in [6.07, 6.45) is 0.512. The quantitative estimate of drug-likeness (QED) is 0.261. The highest BCUT2D eigenvalue weighted by atomic mass is 35.5. The van der Waals surface area contributed by atoms with Crippen molar-refractivity contribution in [2.75, 3.05) is 27.9 Å². The summed E-state index contributed by atoms with van der Waals surface area (Å²) in [6.45, 7) is 0.272. The van der Waals surface area contributed by atoms with Crippen LogP contribution in [0.1, 0.15) is 22.7 Å². The first-order chi connectivity index (χ1) is 17.4. The number of aliphatic hydroxyl groups is 1. The minimum absolute atomic E-state index is 0.0273. The fraction of sp³-hybridized carbons (Fsp3) is 0.214. The van der Waals surface area contributed by atoms with E-state index >= 15 is 0 Å². The van der Waals surface area contributed by atoms with E-state index in [0.29, 0.717) is 17.7 Å². The summed E-state index contributed by atoms with van der Waals surface area (Å²) in [5.74, 6) is -0.483. The third-order valence-electron chi connectivity index (χ3n) is 6.18. The van der Waals surface area contributed by atoms with E-state index < -0.39 is 17.7 Å². The highest BCUT2D eigenvalue weighted by Crippen LogP contribution is 2.43. The van der Waals surface area contributed by atoms with Crippen LogP contribution in [0.2, 0.25) is 5.02 Å². The van der Waals surface area contributed by atoms with Crippen molar-refractivity contribution in [1.29, 1.82) is 0 Å². The lowest BCUT2D eigenvalue weighted by Gasteiger charge is -2.25. The van der Waals surface area contributed by atoms with Gasteiger partial charge in [-0.3, -0.25) is 9.59 Å². The van der Waals surface area contributed by atoms with Crippen molar-refractivity contribution in [2.24, 2.45) is 0 Å². The number of carbonyl (C=O) groups is 2. The number of likely N-dealkylation sites (tertiary alicyclic amines) is 1. The smallest absolute Gasteiger partial charge is 0.295 e. The number of benzene rings is 3. The largest absolute Gasteiger partial charge is 0.507 e. The zero-order valence-corrected chi connectivity index (χ0v) is 20.9. The molecule has 0 saturated carbocycles. The van der Waals surface area contributed by atoms with Crippen LogP contribution < -0.4 is 14.2 Å². The maximum absolute atomic E-state index is 13.3. The standard InChI is InChI=1S/C28H26ClNO6/c1-34-19-11-9-17(10-12-19)13-14-30-25(18-7-5-4-6-8-18)24(27(32)28(30)33)26(31)20-15-21(29)23(36-3)16-22(20)35-2/h4-12,15-16,25,31H,13-14H2,1-3H3/b26-24+. The number of carbonyl (C=O) groups excluding carboxylic acids is 2. The van der Waals surface area contributed by atoms with Gasteiger partial charge in [0.1, 0.15) is 23.0 Å². The molecular formula is C28H26ClNO6. The zero-order valence-electron chi connectivity index (χ0n) is 20.2. The topological polar surface area (TPSA) is 85.3 Å². The Morgan fingerprint density at radius 3 is 2.19 bits per heavy atom. The summed E-state index contributed by atoms with van der Waals surface area (Å²) in [6, 6.07) is 18.9. The molecule has 4 rings (SSSR count). The van der Waals surface area contributed by atoms with Crippen LogP contribution in [0.25, 0.3) is 5.76 Å². The van der Waals surface area contributed by atoms with E-state index in [0.717, 1.165) is 11.3 Å². The predicted molar refractivity (Wildman–Crippen MR) is 137 cm³/mol. The summed E-state index contributed by atoms with van der Waals surface area (Å²) in [5, 5.41) is 11.6. The average Bonchev–Trinajstić information content (AvgIpc) is 3.17. The second kappa shape index (κ2) is 10.7. The van der Waals surface area contributed by atoms with E-state index in [2.05, 4.69) is 0 Å². The Hall–Kier alpha value is -3.97. The third-order valence-corrected chi connectivity index (χ3v) is 6.48. The SMILES string of the molecule is COc1ccc(CCN2C(=O)C(=O)/C(=C(/O)c3cc(Cl)c(OC)cc3OC)C2c2ccccc2)cc1. The van der Waals surface area contributed by atoms with Gasteiger partial charge in [0.15, 0.2) is 0 Å². The van der Waals surface area contributed by atoms with Crippen molar-refractivity contribution in [3.05, 3.63) is 94.0 Å². The molecule has 1 aliphatic rings. The van der Waals surface area contributed by atoms with E-state index in [1.807, 2.05) is 54.6 Å². The van der Waals surface area contributed by atoms with Crippen LogP contribution in [0.4, 0.5) is 0 Å². The lowest BCUT2D eigenvalue weighted by molar-refractivity contribution is -0.139. The molecule has 7 nitrogen and oxygen atoms in total. The van der Waals surface area contributed by atoms with E-state index in [1.165, 1.54) is 31.3 Å². The molecule has 0 spiro atoms. The van der Waals surface area contributed by atoms with Crippen molar-refractivity contribution < 1.29 is 28.9 Å². The molecular weight excluding hydrogens is 482 g/mol. The number of halogens is 1. The Morgan fingerprint density at radius 2 is 1.58 bits per heavy atom. The van der Waals surface area contributed by atoms with Crippen molar-refractivity contribution in [2.45, 2.75) is 12.5 Å². The number of ether oxygens (including phenoxy) is 3. The molecule has 8 heteroatoms. The first kappa shape index (κ1) is 25.1. The van der Waals surface area contributed by atoms with Crippen LogP contribution in [-0.2, 0) is 16.0 Å². The molecule has 1 N–H and O–H groups in total. The maximum atomic E-state index is 13.3. The summed E-state index contributed by atoms with van der Waals surface area (Å²) in [4.78, 5) is 28.0. The van der Waals surface area contributed by atoms with Gasteiger partial charge in [-0.25, -0.2) is 0 Å². The van der Waals surface area contributed by atoms with Crippen molar-refractivity contribution >= 4 is 29.1 Å². The number of rotatable bonds is 8. The molecule has 0 aromatic heterocycles. The zero-order chi connectivity index (χ0) is 25.8. The van der Waals surface area contributed by atoms with Crippen LogP contribution >= 0.6 is 11.6 Å². The van der Waals surface area contributed by atoms with Crippen LogP contribution in [0.5, 0.6) is 17.2 Å². The minimum atomic E-state index is -0.782. The molecule has 3 aromatic rings. The van der Waals surface area contributed by atoms with Crippen LogP contribution in [0.3, 0.4) is 0 Å². The number of ketones is 1. The van der Waals surface area contributed by atoms with E-state index in [4.69, 9.17) is 25.8 Å². The molecule has 1 unspecified atom stereocenters. The van der Waals surface area contributed by atoms with Gasteiger partial charge in [-0.1, -0.05) is 54.1 Å². The van der Waals surface area contributed by atoms with Gasteiger partial charge in [0.2, 0.25) is 0 Å². The minimum Gasteiger partial charge on any atom is -0.507 e. The fourth-order valence-corrected chi connectivity index (χ4v) is 4.57. The summed E-state index contributed by atoms with van der Waals surface area (Å²) >= 11 is 6.31. The van der Waals surface area contributed by atoms with Gasteiger partial charge in [0, 0.05) is 12.6 Å². The Labute approximate surface area is 214 Å². The molecule has 1 saturated heterocycles.